The molecule has 2 aromatic carbocycles. The van der Waals surface area contributed by atoms with E-state index in [1.807, 2.05) is 6.92 Å². The quantitative estimate of drug-likeness (QED) is 0.456. The van der Waals surface area contributed by atoms with Gasteiger partial charge in [0.1, 0.15) is 0 Å². The highest BCUT2D eigenvalue weighted by atomic mass is 16.5. The smallest absolute Gasteiger partial charge is 0.292 e. The van der Waals surface area contributed by atoms with Crippen LogP contribution in [0.5, 0.6) is 17.2 Å². The Bertz CT molecular complexity index is 1140. The minimum Gasteiger partial charge on any atom is -0.502 e. The Hall–Kier alpha value is -3.88. The predicted molar refractivity (Wildman–Crippen MR) is 113 cm³/mol. The predicted octanol–water partition coefficient (Wildman–Crippen LogP) is 2.29. The highest BCUT2D eigenvalue weighted by Gasteiger charge is 2.16. The Morgan fingerprint density at radius 3 is 2.43 bits per heavy atom. The number of methoxy groups -OCH3 is 2. The Labute approximate surface area is 172 Å². The van der Waals surface area contributed by atoms with Gasteiger partial charge in [0, 0.05) is 17.5 Å². The highest BCUT2D eigenvalue weighted by molar-refractivity contribution is 6.05. The molecule has 3 rings (SSSR count). The first kappa shape index (κ1) is 20.8. The lowest BCUT2D eigenvalue weighted by molar-refractivity contribution is 0.0949. The average molecular weight is 410 g/mol. The summed E-state index contributed by atoms with van der Waals surface area (Å²) < 4.78 is 11.5. The third-order valence-corrected chi connectivity index (χ3v) is 4.40. The molecule has 0 atom stereocenters. The fourth-order valence-corrected chi connectivity index (χ4v) is 2.97. The molecular weight excluding hydrogens is 388 g/mol. The van der Waals surface area contributed by atoms with Crippen LogP contribution in [0.1, 0.15) is 29.4 Å². The van der Waals surface area contributed by atoms with Gasteiger partial charge in [0.05, 0.1) is 25.8 Å². The van der Waals surface area contributed by atoms with E-state index >= 15 is 0 Å². The lowest BCUT2D eigenvalue weighted by Gasteiger charge is -2.10. The van der Waals surface area contributed by atoms with Gasteiger partial charge in [0.25, 0.3) is 11.5 Å². The molecule has 0 spiro atoms. The van der Waals surface area contributed by atoms with Gasteiger partial charge in [-0.25, -0.2) is 10.1 Å². The number of fused-ring (bicyclic) bond motifs is 1. The van der Waals surface area contributed by atoms with Crippen molar-refractivity contribution in [2.24, 2.45) is 5.10 Å². The maximum Gasteiger partial charge on any atom is 0.292 e. The number of rotatable bonds is 7. The molecule has 0 aliphatic heterocycles. The second-order valence-electron chi connectivity index (χ2n) is 6.40. The van der Waals surface area contributed by atoms with Gasteiger partial charge in [-0.1, -0.05) is 25.1 Å². The first-order chi connectivity index (χ1) is 14.5. The first-order valence-corrected chi connectivity index (χ1v) is 9.28. The molecule has 1 heterocycles. The fourth-order valence-electron chi connectivity index (χ4n) is 2.97. The van der Waals surface area contributed by atoms with Crippen molar-refractivity contribution in [2.75, 3.05) is 14.2 Å². The molecule has 0 saturated carbocycles. The van der Waals surface area contributed by atoms with E-state index in [1.54, 1.807) is 36.4 Å². The summed E-state index contributed by atoms with van der Waals surface area (Å²) >= 11 is 0. The highest BCUT2D eigenvalue weighted by Crippen LogP contribution is 2.36. The average Bonchev–Trinajstić information content (AvgIpc) is 2.76. The van der Waals surface area contributed by atoms with Crippen LogP contribution in [-0.2, 0) is 6.54 Å². The number of phenolic OH excluding ortho intramolecular Hbond substituents is 1. The Balaban J connectivity index is 1.91. The molecule has 9 nitrogen and oxygen atoms in total. The molecule has 3 aromatic rings. The first-order valence-electron chi connectivity index (χ1n) is 9.28. The molecule has 0 saturated heterocycles. The number of aromatic hydroxyl groups is 1. The Morgan fingerprint density at radius 1 is 1.20 bits per heavy atom. The normalized spacial score (nSPS) is 11.0. The molecule has 156 valence electrons. The molecule has 9 heteroatoms. The van der Waals surface area contributed by atoms with Crippen molar-refractivity contribution in [3.05, 3.63) is 58.0 Å². The monoisotopic (exact) mass is 410 g/mol. The van der Waals surface area contributed by atoms with E-state index < -0.39 is 5.91 Å². The van der Waals surface area contributed by atoms with Crippen molar-refractivity contribution in [3.8, 4) is 17.2 Å². The molecular formula is C21H22N4O5. The molecule has 2 N–H and O–H groups in total. The standard InChI is InChI=1S/C21H22N4O5/c1-4-9-25-21(28)15-8-6-5-7-14(15)18(24-25)20(27)23-22-12-13-10-16(29-2)19(26)17(11-13)30-3/h5-8,10-12,26H,4,9H2,1-3H3,(H,23,27)/b22-12+. The molecule has 0 unspecified atom stereocenters. The number of amides is 1. The van der Waals surface area contributed by atoms with E-state index in [0.717, 1.165) is 0 Å². The molecule has 0 radical (unpaired) electrons. The number of nitrogens with zero attached hydrogens (tertiary/aromatic N) is 3. The van der Waals surface area contributed by atoms with Gasteiger partial charge in [0.2, 0.25) is 5.75 Å². The lowest BCUT2D eigenvalue weighted by Crippen LogP contribution is -2.29. The van der Waals surface area contributed by atoms with Gasteiger partial charge in [0.15, 0.2) is 17.2 Å². The van der Waals surface area contributed by atoms with E-state index in [1.165, 1.54) is 25.1 Å². The molecule has 0 aliphatic rings. The minimum atomic E-state index is -0.551. The van der Waals surface area contributed by atoms with Gasteiger partial charge < -0.3 is 14.6 Å². The fraction of sp³-hybridized carbons (Fsp3) is 0.238. The van der Waals surface area contributed by atoms with Gasteiger partial charge in [-0.2, -0.15) is 10.2 Å². The number of ether oxygens (including phenoxy) is 2. The summed E-state index contributed by atoms with van der Waals surface area (Å²) in [4.78, 5) is 25.3. The van der Waals surface area contributed by atoms with Gasteiger partial charge in [-0.15, -0.1) is 0 Å². The van der Waals surface area contributed by atoms with Gasteiger partial charge in [-0.05, 0) is 24.6 Å². The van der Waals surface area contributed by atoms with Crippen LogP contribution < -0.4 is 20.5 Å². The third-order valence-electron chi connectivity index (χ3n) is 4.40. The van der Waals surface area contributed by atoms with Crippen molar-refractivity contribution in [3.63, 3.8) is 0 Å². The van der Waals surface area contributed by atoms with Crippen LogP contribution in [0.25, 0.3) is 10.8 Å². The number of carbonyl (C=O) groups is 1. The summed E-state index contributed by atoms with van der Waals surface area (Å²) in [5, 5.41) is 19.0. The van der Waals surface area contributed by atoms with E-state index in [2.05, 4.69) is 15.6 Å². The molecule has 1 aromatic heterocycles. The summed E-state index contributed by atoms with van der Waals surface area (Å²) in [6, 6.07) is 9.91. The van der Waals surface area contributed by atoms with Crippen molar-refractivity contribution < 1.29 is 19.4 Å². The summed E-state index contributed by atoms with van der Waals surface area (Å²) in [6.07, 6.45) is 2.08. The number of nitrogens with one attached hydrogen (secondary N) is 1. The lowest BCUT2D eigenvalue weighted by atomic mass is 10.1. The van der Waals surface area contributed by atoms with Crippen LogP contribution in [0.2, 0.25) is 0 Å². The molecule has 0 aliphatic carbocycles. The molecule has 1 amide bonds. The van der Waals surface area contributed by atoms with Crippen LogP contribution in [0, 0.1) is 0 Å². The van der Waals surface area contributed by atoms with E-state index in [-0.39, 0.29) is 28.5 Å². The second kappa shape index (κ2) is 9.08. The zero-order valence-corrected chi connectivity index (χ0v) is 16.9. The zero-order chi connectivity index (χ0) is 21.7. The van der Waals surface area contributed by atoms with Crippen LogP contribution in [0.15, 0.2) is 46.3 Å². The van der Waals surface area contributed by atoms with Crippen LogP contribution in [-0.4, -0.2) is 41.2 Å². The molecule has 0 bridgehead atoms. The van der Waals surface area contributed by atoms with E-state index in [0.29, 0.717) is 29.3 Å². The number of hydrogen-bond donors (Lipinski definition) is 2. The number of aromatic nitrogens is 2. The van der Waals surface area contributed by atoms with Crippen LogP contribution in [0.4, 0.5) is 0 Å². The Kier molecular flexibility index (Phi) is 6.31. The summed E-state index contributed by atoms with van der Waals surface area (Å²) in [5.41, 5.74) is 2.83. The van der Waals surface area contributed by atoms with E-state index in [9.17, 15) is 14.7 Å². The summed E-state index contributed by atoms with van der Waals surface area (Å²) in [6.45, 7) is 2.33. The topological polar surface area (TPSA) is 115 Å². The maximum absolute atomic E-state index is 12.7. The van der Waals surface area contributed by atoms with Crippen LogP contribution in [0.3, 0.4) is 0 Å². The molecule has 30 heavy (non-hydrogen) atoms. The maximum atomic E-state index is 12.7. The number of carbonyl (C=O) groups excluding carboxylic acids is 1. The van der Waals surface area contributed by atoms with Crippen LogP contribution >= 0.6 is 0 Å². The minimum absolute atomic E-state index is 0.108. The van der Waals surface area contributed by atoms with Gasteiger partial charge >= 0.3 is 0 Å². The zero-order valence-electron chi connectivity index (χ0n) is 16.9. The number of hydrazone groups is 1. The molecule has 0 fully saturated rings. The van der Waals surface area contributed by atoms with Crippen molar-refractivity contribution in [2.45, 2.75) is 19.9 Å². The Morgan fingerprint density at radius 2 is 1.83 bits per heavy atom. The van der Waals surface area contributed by atoms with Crippen molar-refractivity contribution >= 4 is 22.9 Å². The number of hydrogen-bond acceptors (Lipinski definition) is 7. The SMILES string of the molecule is CCCn1nc(C(=O)N/N=C/c2cc(OC)c(O)c(OC)c2)c2ccccc2c1=O. The van der Waals surface area contributed by atoms with Crippen molar-refractivity contribution in [1.29, 1.82) is 0 Å². The van der Waals surface area contributed by atoms with E-state index in [4.69, 9.17) is 9.47 Å². The largest absolute Gasteiger partial charge is 0.502 e. The second-order valence-corrected chi connectivity index (χ2v) is 6.40. The van der Waals surface area contributed by atoms with Gasteiger partial charge in [-0.3, -0.25) is 9.59 Å². The number of aryl methyl sites for hydroxylation is 1. The summed E-state index contributed by atoms with van der Waals surface area (Å²) in [7, 11) is 2.83. The van der Waals surface area contributed by atoms with Crippen molar-refractivity contribution in [1.82, 2.24) is 15.2 Å². The summed E-state index contributed by atoms with van der Waals surface area (Å²) in [5.74, 6) is -0.261. The third kappa shape index (κ3) is 4.09. The number of phenols is 1. The number of benzene rings is 2.